The van der Waals surface area contributed by atoms with Crippen molar-refractivity contribution in [2.24, 2.45) is 40.4 Å². The Labute approximate surface area is 145 Å². The van der Waals surface area contributed by atoms with Gasteiger partial charge in [-0.3, -0.25) is 9.59 Å². The second-order valence-corrected chi connectivity index (χ2v) is 9.68. The Morgan fingerprint density at radius 2 is 1.83 bits per heavy atom. The highest BCUT2D eigenvalue weighted by Gasteiger charge is 2.64. The zero-order valence-electron chi connectivity index (χ0n) is 15.3. The third kappa shape index (κ3) is 2.05. The molecule has 2 nitrogen and oxygen atoms in total. The first kappa shape index (κ1) is 16.7. The van der Waals surface area contributed by atoms with Gasteiger partial charge in [0.1, 0.15) is 17.7 Å². The van der Waals surface area contributed by atoms with Crippen molar-refractivity contribution >= 4 is 11.6 Å². The smallest absolute Gasteiger partial charge is 0.140 e. The lowest BCUT2D eigenvalue weighted by molar-refractivity contribution is -0.160. The lowest BCUT2D eigenvalue weighted by atomic mass is 9.44. The maximum Gasteiger partial charge on any atom is 0.140 e. The number of carbonyl (C=O) groups excluding carboxylic acids is 2. The molecule has 4 saturated carbocycles. The molecule has 0 radical (unpaired) electrons. The Hall–Kier alpha value is -0.730. The number of carbonyl (C=O) groups is 2. The van der Waals surface area contributed by atoms with Crippen molar-refractivity contribution in [1.29, 1.82) is 0 Å². The zero-order valence-corrected chi connectivity index (χ0v) is 15.3. The number of ketones is 2. The molecule has 0 heterocycles. The van der Waals surface area contributed by atoms with E-state index in [9.17, 15) is 14.0 Å². The summed E-state index contributed by atoms with van der Waals surface area (Å²) in [6, 6.07) is 0. The highest BCUT2D eigenvalue weighted by atomic mass is 19.1. The SMILES string of the molecule is CC(=O)[C@H]1CC[C@H]2[C@@H]3CC[C@H]4C[C@H](F)CC[C@]4(C)[C@H]3CC(=O)[C@]12C. The lowest BCUT2D eigenvalue weighted by Crippen LogP contribution is -2.57. The molecule has 0 amide bonds. The molecule has 0 N–H and O–H groups in total. The van der Waals surface area contributed by atoms with E-state index < -0.39 is 11.6 Å². The van der Waals surface area contributed by atoms with Crippen molar-refractivity contribution in [3.8, 4) is 0 Å². The van der Waals surface area contributed by atoms with Gasteiger partial charge in [-0.1, -0.05) is 13.8 Å². The van der Waals surface area contributed by atoms with Gasteiger partial charge in [0.25, 0.3) is 0 Å². The Morgan fingerprint density at radius 1 is 1.08 bits per heavy atom. The molecular formula is C21H31FO2. The van der Waals surface area contributed by atoms with Crippen LogP contribution < -0.4 is 0 Å². The van der Waals surface area contributed by atoms with Gasteiger partial charge in [0, 0.05) is 17.8 Å². The van der Waals surface area contributed by atoms with Crippen LogP contribution in [0, 0.1) is 40.4 Å². The number of hydrogen-bond donors (Lipinski definition) is 0. The van der Waals surface area contributed by atoms with Crippen LogP contribution in [0.25, 0.3) is 0 Å². The molecule has 0 aliphatic heterocycles. The van der Waals surface area contributed by atoms with Crippen LogP contribution in [0.2, 0.25) is 0 Å². The molecule has 0 spiro atoms. The van der Waals surface area contributed by atoms with Gasteiger partial charge in [-0.25, -0.2) is 4.39 Å². The number of hydrogen-bond acceptors (Lipinski definition) is 2. The molecule has 0 bridgehead atoms. The predicted octanol–water partition coefficient (Wildman–Crippen LogP) is 4.75. The summed E-state index contributed by atoms with van der Waals surface area (Å²) in [5.41, 5.74) is -0.287. The van der Waals surface area contributed by atoms with Gasteiger partial charge < -0.3 is 0 Å². The highest BCUT2D eigenvalue weighted by Crippen LogP contribution is 2.66. The molecule has 0 aromatic rings. The molecule has 4 rings (SSSR count). The van der Waals surface area contributed by atoms with Crippen LogP contribution in [0.3, 0.4) is 0 Å². The summed E-state index contributed by atoms with van der Waals surface area (Å²) in [6.45, 7) is 6.09. The minimum atomic E-state index is -0.641. The number of halogens is 1. The molecule has 0 aromatic carbocycles. The van der Waals surface area contributed by atoms with E-state index in [0.717, 1.165) is 32.1 Å². The Morgan fingerprint density at radius 3 is 2.54 bits per heavy atom. The number of Topliss-reactive ketones (excluding diaryl/α,β-unsaturated/α-hetero) is 2. The topological polar surface area (TPSA) is 34.1 Å². The maximum atomic E-state index is 13.9. The van der Waals surface area contributed by atoms with E-state index in [0.29, 0.717) is 48.7 Å². The molecular weight excluding hydrogens is 303 g/mol. The monoisotopic (exact) mass is 334 g/mol. The predicted molar refractivity (Wildman–Crippen MR) is 91.2 cm³/mol. The first-order chi connectivity index (χ1) is 11.3. The van der Waals surface area contributed by atoms with Gasteiger partial charge in [-0.2, -0.15) is 0 Å². The first-order valence-corrected chi connectivity index (χ1v) is 9.96. The van der Waals surface area contributed by atoms with Gasteiger partial charge in [-0.05, 0) is 81.0 Å². The van der Waals surface area contributed by atoms with Crippen molar-refractivity contribution in [1.82, 2.24) is 0 Å². The fourth-order valence-corrected chi connectivity index (χ4v) is 7.56. The Kier molecular flexibility index (Phi) is 3.75. The minimum Gasteiger partial charge on any atom is -0.300 e. The van der Waals surface area contributed by atoms with Crippen molar-refractivity contribution in [3.63, 3.8) is 0 Å². The van der Waals surface area contributed by atoms with Crippen LogP contribution in [0.4, 0.5) is 4.39 Å². The second-order valence-electron chi connectivity index (χ2n) is 9.68. The molecule has 4 aliphatic carbocycles. The normalized spacial score (nSPS) is 53.9. The maximum absolute atomic E-state index is 13.9. The molecule has 134 valence electrons. The second kappa shape index (κ2) is 5.38. The summed E-state index contributed by atoms with van der Waals surface area (Å²) >= 11 is 0. The van der Waals surface area contributed by atoms with E-state index >= 15 is 0 Å². The average molecular weight is 334 g/mol. The van der Waals surface area contributed by atoms with E-state index in [-0.39, 0.29) is 17.1 Å². The number of fused-ring (bicyclic) bond motifs is 5. The standard InChI is InChI=1S/C21H31FO2/c1-12(23)16-6-7-17-15-5-4-13-10-14(22)8-9-20(13,2)18(15)11-19(24)21(16,17)3/h13-18H,4-11H2,1-3H3/t13-,14+,15-,16+,17-,18-,20-,21+/m0/s1. The van der Waals surface area contributed by atoms with Gasteiger partial charge in [0.05, 0.1) is 0 Å². The van der Waals surface area contributed by atoms with E-state index in [1.165, 1.54) is 0 Å². The molecule has 4 aliphatic rings. The molecule has 8 atom stereocenters. The molecule has 24 heavy (non-hydrogen) atoms. The summed E-state index contributed by atoms with van der Waals surface area (Å²) in [7, 11) is 0. The molecule has 3 heteroatoms. The first-order valence-electron chi connectivity index (χ1n) is 9.96. The van der Waals surface area contributed by atoms with Crippen molar-refractivity contribution < 1.29 is 14.0 Å². The van der Waals surface area contributed by atoms with E-state index in [1.54, 1.807) is 6.92 Å². The summed E-state index contributed by atoms with van der Waals surface area (Å²) in [4.78, 5) is 25.4. The third-order valence-corrected chi connectivity index (χ3v) is 8.96. The minimum absolute atomic E-state index is 0.0666. The quantitative estimate of drug-likeness (QED) is 0.693. The van der Waals surface area contributed by atoms with Gasteiger partial charge in [-0.15, -0.1) is 0 Å². The molecule has 4 fully saturated rings. The van der Waals surface area contributed by atoms with Gasteiger partial charge in [0.15, 0.2) is 0 Å². The zero-order chi connectivity index (χ0) is 17.3. The number of alkyl halides is 1. The lowest BCUT2D eigenvalue weighted by Gasteiger charge is -2.60. The van der Waals surface area contributed by atoms with E-state index in [2.05, 4.69) is 13.8 Å². The summed E-state index contributed by atoms with van der Waals surface area (Å²) in [5.74, 6) is 2.26. The van der Waals surface area contributed by atoms with Crippen LogP contribution in [-0.2, 0) is 9.59 Å². The van der Waals surface area contributed by atoms with Crippen LogP contribution in [0.5, 0.6) is 0 Å². The van der Waals surface area contributed by atoms with Crippen LogP contribution in [0.1, 0.15) is 72.1 Å². The fourth-order valence-electron chi connectivity index (χ4n) is 7.56. The summed E-state index contributed by atoms with van der Waals surface area (Å²) in [5, 5.41) is 0. The highest BCUT2D eigenvalue weighted by molar-refractivity contribution is 5.93. The largest absolute Gasteiger partial charge is 0.300 e. The molecule has 0 saturated heterocycles. The Bertz CT molecular complexity index is 572. The van der Waals surface area contributed by atoms with Crippen LogP contribution >= 0.6 is 0 Å². The summed E-state index contributed by atoms with van der Waals surface area (Å²) in [6.07, 6.45) is 6.46. The van der Waals surface area contributed by atoms with Crippen molar-refractivity contribution in [3.05, 3.63) is 0 Å². The van der Waals surface area contributed by atoms with Gasteiger partial charge in [0.2, 0.25) is 0 Å². The Balaban J connectivity index is 1.68. The van der Waals surface area contributed by atoms with Crippen molar-refractivity contribution in [2.45, 2.75) is 78.3 Å². The summed E-state index contributed by atoms with van der Waals surface area (Å²) < 4.78 is 13.9. The molecule has 0 unspecified atom stereocenters. The van der Waals surface area contributed by atoms with Gasteiger partial charge >= 0.3 is 0 Å². The fraction of sp³-hybridized carbons (Fsp3) is 0.905. The average Bonchev–Trinajstić information content (AvgIpc) is 2.88. The molecule has 0 aromatic heterocycles. The van der Waals surface area contributed by atoms with E-state index in [1.807, 2.05) is 0 Å². The van der Waals surface area contributed by atoms with Crippen LogP contribution in [-0.4, -0.2) is 17.7 Å². The number of rotatable bonds is 1. The van der Waals surface area contributed by atoms with Crippen LogP contribution in [0.15, 0.2) is 0 Å². The van der Waals surface area contributed by atoms with Crippen molar-refractivity contribution in [2.75, 3.05) is 0 Å². The van der Waals surface area contributed by atoms with E-state index in [4.69, 9.17) is 0 Å². The third-order valence-electron chi connectivity index (χ3n) is 8.96.